The van der Waals surface area contributed by atoms with Crippen LogP contribution in [-0.2, 0) is 17.1 Å². The van der Waals surface area contributed by atoms with Gasteiger partial charge in [-0.15, -0.1) is 0 Å². The first-order chi connectivity index (χ1) is 13.6. The number of rotatable bonds is 6. The van der Waals surface area contributed by atoms with Crippen LogP contribution in [0.3, 0.4) is 0 Å². The van der Waals surface area contributed by atoms with E-state index in [0.717, 1.165) is 0 Å². The van der Waals surface area contributed by atoms with Gasteiger partial charge in [0.15, 0.2) is 10.7 Å². The summed E-state index contributed by atoms with van der Waals surface area (Å²) in [5.41, 5.74) is 0.804. The molecule has 10 heteroatoms. The zero-order valence-corrected chi connectivity index (χ0v) is 17.7. The Labute approximate surface area is 168 Å². The molecule has 9 nitrogen and oxygen atoms in total. The van der Waals surface area contributed by atoms with E-state index in [1.165, 1.54) is 17.7 Å². The predicted molar refractivity (Wildman–Crippen MR) is 111 cm³/mol. The number of anilines is 1. The maximum atomic E-state index is 13.1. The molecule has 0 radical (unpaired) electrons. The van der Waals surface area contributed by atoms with Gasteiger partial charge in [-0.1, -0.05) is 23.4 Å². The number of nitrogens with zero attached hydrogens (tertiary/aromatic N) is 4. The minimum absolute atomic E-state index is 0.0282. The molecule has 0 bridgehead atoms. The Morgan fingerprint density at radius 1 is 1.17 bits per heavy atom. The third kappa shape index (κ3) is 3.83. The lowest BCUT2D eigenvalue weighted by Gasteiger charge is -2.07. The largest absolute Gasteiger partial charge is 0.383 e. The van der Waals surface area contributed by atoms with Gasteiger partial charge in [-0.2, -0.15) is 0 Å². The molecule has 29 heavy (non-hydrogen) atoms. The molecule has 0 fully saturated rings. The molecule has 3 aromatic rings. The molecule has 0 saturated carbocycles. The molecule has 1 N–H and O–H groups in total. The summed E-state index contributed by atoms with van der Waals surface area (Å²) in [7, 11) is 1.17. The summed E-state index contributed by atoms with van der Waals surface area (Å²) in [6.07, 6.45) is 3.16. The second-order valence-corrected chi connectivity index (χ2v) is 8.40. The average molecular weight is 417 g/mol. The molecule has 0 atom stereocenters. The lowest BCUT2D eigenvalue weighted by atomic mass is 10.3. The predicted octanol–water partition coefficient (Wildman–Crippen LogP) is 2.11. The first-order valence-electron chi connectivity index (χ1n) is 8.81. The van der Waals surface area contributed by atoms with Crippen molar-refractivity contribution in [3.8, 4) is 5.69 Å². The first kappa shape index (κ1) is 20.5. The van der Waals surface area contributed by atoms with E-state index in [2.05, 4.69) is 9.88 Å². The van der Waals surface area contributed by atoms with E-state index >= 15 is 0 Å². The SMILES string of the molecule is Cc1noc(C=CN(C)C)c1S(=O)(=O)Nc1c(C)n(C)n(-c2ccccc2)c1=O. The van der Waals surface area contributed by atoms with Crippen molar-refractivity contribution in [1.82, 2.24) is 19.4 Å². The Kier molecular flexibility index (Phi) is 5.38. The van der Waals surface area contributed by atoms with Gasteiger partial charge in [0.25, 0.3) is 15.6 Å². The van der Waals surface area contributed by atoms with Gasteiger partial charge in [-0.05, 0) is 26.0 Å². The molecule has 0 spiro atoms. The summed E-state index contributed by atoms with van der Waals surface area (Å²) in [6.45, 7) is 3.21. The number of hydrogen-bond acceptors (Lipinski definition) is 6. The van der Waals surface area contributed by atoms with Gasteiger partial charge in [0, 0.05) is 33.4 Å². The normalized spacial score (nSPS) is 11.9. The standard InChI is InChI=1S/C19H23N5O4S/c1-13-18(16(28-20-13)11-12-22(3)4)29(26,27)21-17-14(2)23(5)24(19(17)25)15-9-7-6-8-10-15/h6-12,21H,1-5H3. The zero-order valence-electron chi connectivity index (χ0n) is 16.9. The van der Waals surface area contributed by atoms with Crippen LogP contribution < -0.4 is 10.3 Å². The molecular weight excluding hydrogens is 394 g/mol. The molecule has 0 aliphatic heterocycles. The van der Waals surface area contributed by atoms with Crippen LogP contribution >= 0.6 is 0 Å². The molecule has 0 aliphatic rings. The van der Waals surface area contributed by atoms with Crippen molar-refractivity contribution >= 4 is 21.8 Å². The van der Waals surface area contributed by atoms with Crippen LogP contribution in [0, 0.1) is 13.8 Å². The summed E-state index contributed by atoms with van der Waals surface area (Å²) in [4.78, 5) is 14.6. The number of sulfonamides is 1. The lowest BCUT2D eigenvalue weighted by molar-refractivity contribution is 0.405. The Bertz CT molecular complexity index is 1220. The summed E-state index contributed by atoms with van der Waals surface area (Å²) in [5, 5.41) is 3.77. The average Bonchev–Trinajstić information content (AvgIpc) is 3.14. The molecule has 2 heterocycles. The number of aromatic nitrogens is 3. The highest BCUT2D eigenvalue weighted by molar-refractivity contribution is 7.92. The van der Waals surface area contributed by atoms with Crippen LogP contribution in [0.4, 0.5) is 5.69 Å². The molecular formula is C19H23N5O4S. The van der Waals surface area contributed by atoms with Crippen molar-refractivity contribution in [3.05, 3.63) is 64.0 Å². The van der Waals surface area contributed by atoms with Crippen LogP contribution in [0.2, 0.25) is 0 Å². The van der Waals surface area contributed by atoms with Crippen LogP contribution in [0.15, 0.2) is 50.7 Å². The van der Waals surface area contributed by atoms with Crippen molar-refractivity contribution in [2.24, 2.45) is 7.05 Å². The number of para-hydroxylation sites is 1. The smallest absolute Gasteiger partial charge is 0.296 e. The summed E-state index contributed by atoms with van der Waals surface area (Å²) >= 11 is 0. The van der Waals surface area contributed by atoms with Gasteiger partial charge in [0.1, 0.15) is 11.4 Å². The van der Waals surface area contributed by atoms with Crippen LogP contribution in [-0.4, -0.2) is 41.9 Å². The number of aryl methyl sites for hydroxylation is 1. The van der Waals surface area contributed by atoms with E-state index < -0.39 is 15.6 Å². The summed E-state index contributed by atoms with van der Waals surface area (Å²) in [5.74, 6) is 0.0840. The Hall–Kier alpha value is -3.27. The van der Waals surface area contributed by atoms with E-state index in [-0.39, 0.29) is 22.0 Å². The van der Waals surface area contributed by atoms with E-state index in [9.17, 15) is 13.2 Å². The topological polar surface area (TPSA) is 102 Å². The third-order valence-electron chi connectivity index (χ3n) is 4.42. The highest BCUT2D eigenvalue weighted by Crippen LogP contribution is 2.25. The molecule has 154 valence electrons. The van der Waals surface area contributed by atoms with Gasteiger partial charge in [-0.3, -0.25) is 14.2 Å². The summed E-state index contributed by atoms with van der Waals surface area (Å²) < 4.78 is 36.8. The van der Waals surface area contributed by atoms with Gasteiger partial charge >= 0.3 is 0 Å². The molecule has 0 unspecified atom stereocenters. The summed E-state index contributed by atoms with van der Waals surface area (Å²) in [6, 6.07) is 8.99. The monoisotopic (exact) mass is 417 g/mol. The van der Waals surface area contributed by atoms with Crippen LogP contribution in [0.1, 0.15) is 17.1 Å². The number of nitrogens with one attached hydrogen (secondary N) is 1. The van der Waals surface area contributed by atoms with Gasteiger partial charge < -0.3 is 9.42 Å². The van der Waals surface area contributed by atoms with E-state index in [1.54, 1.807) is 68.1 Å². The number of benzene rings is 1. The third-order valence-corrected chi connectivity index (χ3v) is 5.92. The maximum absolute atomic E-state index is 13.1. The molecule has 2 aromatic heterocycles. The zero-order chi connectivity index (χ0) is 21.3. The van der Waals surface area contributed by atoms with Crippen molar-refractivity contribution < 1.29 is 12.9 Å². The van der Waals surface area contributed by atoms with Crippen molar-refractivity contribution in [2.45, 2.75) is 18.7 Å². The van der Waals surface area contributed by atoms with E-state index in [4.69, 9.17) is 4.52 Å². The van der Waals surface area contributed by atoms with E-state index in [0.29, 0.717) is 11.4 Å². The van der Waals surface area contributed by atoms with Crippen molar-refractivity contribution in [1.29, 1.82) is 0 Å². The molecule has 0 aliphatic carbocycles. The van der Waals surface area contributed by atoms with Crippen molar-refractivity contribution in [3.63, 3.8) is 0 Å². The van der Waals surface area contributed by atoms with Crippen LogP contribution in [0.25, 0.3) is 11.8 Å². The second kappa shape index (κ2) is 7.63. The highest BCUT2D eigenvalue weighted by atomic mass is 32.2. The molecule has 0 amide bonds. The Morgan fingerprint density at radius 2 is 1.83 bits per heavy atom. The number of hydrogen-bond donors (Lipinski definition) is 1. The molecule has 3 rings (SSSR count). The van der Waals surface area contributed by atoms with E-state index in [1.807, 2.05) is 6.07 Å². The minimum atomic E-state index is -4.11. The highest BCUT2D eigenvalue weighted by Gasteiger charge is 2.28. The van der Waals surface area contributed by atoms with Gasteiger partial charge in [0.05, 0.1) is 11.4 Å². The quantitative estimate of drug-likeness (QED) is 0.659. The van der Waals surface area contributed by atoms with Gasteiger partial charge in [-0.25, -0.2) is 13.1 Å². The lowest BCUT2D eigenvalue weighted by Crippen LogP contribution is -2.23. The van der Waals surface area contributed by atoms with Gasteiger partial charge in [0.2, 0.25) is 0 Å². The minimum Gasteiger partial charge on any atom is -0.383 e. The fourth-order valence-corrected chi connectivity index (χ4v) is 4.30. The second-order valence-electron chi connectivity index (χ2n) is 6.78. The van der Waals surface area contributed by atoms with Crippen LogP contribution in [0.5, 0.6) is 0 Å². The first-order valence-corrected chi connectivity index (χ1v) is 10.3. The fraction of sp³-hybridized carbons (Fsp3) is 0.263. The Balaban J connectivity index is 2.08. The van der Waals surface area contributed by atoms with Crippen molar-refractivity contribution in [2.75, 3.05) is 18.8 Å². The fourth-order valence-electron chi connectivity index (χ4n) is 2.90. The maximum Gasteiger partial charge on any atom is 0.296 e. The Morgan fingerprint density at radius 3 is 2.45 bits per heavy atom. The molecule has 0 saturated heterocycles. The molecule has 1 aromatic carbocycles.